The summed E-state index contributed by atoms with van der Waals surface area (Å²) in [6.07, 6.45) is 0. The largest absolute Gasteiger partial charge is 0.309 e. The maximum Gasteiger partial charge on any atom is 0.0713 e. The molecule has 0 radical (unpaired) electrons. The summed E-state index contributed by atoms with van der Waals surface area (Å²) in [5.74, 6) is 0. The Balaban J connectivity index is 0.661. The summed E-state index contributed by atoms with van der Waals surface area (Å²) in [7, 11) is 0. The van der Waals surface area contributed by atoms with Crippen LogP contribution in [-0.4, -0.2) is 9.13 Å². The molecule has 15 aromatic carbocycles. The van der Waals surface area contributed by atoms with Crippen molar-refractivity contribution in [3.8, 4) is 100 Å². The van der Waals surface area contributed by atoms with Gasteiger partial charge in [-0.05, 0) is 161 Å². The minimum atomic E-state index is -0.548. The molecule has 17 aromatic rings. The lowest BCUT2D eigenvalue weighted by atomic mass is 9.67. The summed E-state index contributed by atoms with van der Waals surface area (Å²) < 4.78 is 4.90. The molecule has 0 spiro atoms. The van der Waals surface area contributed by atoms with Crippen molar-refractivity contribution in [1.29, 1.82) is 0 Å². The number of benzene rings is 15. The van der Waals surface area contributed by atoms with Gasteiger partial charge in [0.2, 0.25) is 0 Å². The summed E-state index contributed by atoms with van der Waals surface area (Å²) in [4.78, 5) is 0. The fraction of sp³-hybridized carbons (Fsp3) is 0.0110. The van der Waals surface area contributed by atoms with E-state index < -0.39 is 5.41 Å². The lowest BCUT2D eigenvalue weighted by molar-refractivity contribution is 0.769. The molecular weight excluding hydrogens is 1120 g/mol. The summed E-state index contributed by atoms with van der Waals surface area (Å²) >= 11 is 0. The molecule has 93 heavy (non-hydrogen) atoms. The summed E-state index contributed by atoms with van der Waals surface area (Å²) in [6.45, 7) is 0. The topological polar surface area (TPSA) is 9.86 Å². The normalized spacial score (nSPS) is 12.4. The average molecular weight is 1180 g/mol. The van der Waals surface area contributed by atoms with Crippen LogP contribution in [0, 0.1) is 0 Å². The van der Waals surface area contributed by atoms with Gasteiger partial charge in [-0.1, -0.05) is 303 Å². The van der Waals surface area contributed by atoms with Gasteiger partial charge in [-0.25, -0.2) is 0 Å². The molecule has 18 rings (SSSR count). The van der Waals surface area contributed by atoms with Gasteiger partial charge in [0.15, 0.2) is 0 Å². The van der Waals surface area contributed by atoms with E-state index in [1.165, 1.54) is 161 Å². The zero-order chi connectivity index (χ0) is 61.4. The molecule has 0 N–H and O–H groups in total. The number of aromatic nitrogens is 2. The zero-order valence-electron chi connectivity index (χ0n) is 51.0. The van der Waals surface area contributed by atoms with E-state index in [9.17, 15) is 0 Å². The van der Waals surface area contributed by atoms with Gasteiger partial charge in [0.1, 0.15) is 0 Å². The van der Waals surface area contributed by atoms with Crippen LogP contribution in [0.15, 0.2) is 364 Å². The number of rotatable bonds is 11. The lowest BCUT2D eigenvalue weighted by Gasteiger charge is -2.34. The van der Waals surface area contributed by atoms with Crippen LogP contribution in [0.5, 0.6) is 0 Å². The van der Waals surface area contributed by atoms with E-state index in [0.717, 1.165) is 5.69 Å². The molecule has 0 bridgehead atoms. The van der Waals surface area contributed by atoms with Gasteiger partial charge >= 0.3 is 0 Å². The highest BCUT2D eigenvalue weighted by molar-refractivity contribution is 6.13. The third kappa shape index (κ3) is 8.86. The number of fused-ring (bicyclic) bond motifs is 9. The van der Waals surface area contributed by atoms with Crippen molar-refractivity contribution in [2.75, 3.05) is 0 Å². The van der Waals surface area contributed by atoms with Crippen LogP contribution in [0.4, 0.5) is 0 Å². The van der Waals surface area contributed by atoms with E-state index in [1.54, 1.807) is 0 Å². The van der Waals surface area contributed by atoms with E-state index in [4.69, 9.17) is 0 Å². The summed E-state index contributed by atoms with van der Waals surface area (Å²) in [5.41, 5.74) is 30.8. The van der Waals surface area contributed by atoms with Crippen LogP contribution >= 0.6 is 0 Å². The van der Waals surface area contributed by atoms with Crippen LogP contribution in [0.2, 0.25) is 0 Å². The van der Waals surface area contributed by atoms with Gasteiger partial charge in [-0.3, -0.25) is 0 Å². The van der Waals surface area contributed by atoms with E-state index >= 15 is 0 Å². The SMILES string of the molecule is c1ccc(-c2ccc(-c3cccc(C4(c5cccc(-c6ccc(-c7ccc(-c8ccccc8-n8c9ccccc9c9cc(-c%10ccc%11c(c%10)c%10ccccc%10n%11-c%10ccccc%10-c%10ccccc%10)ccc98)cc7)cc6)c5)c5ccccc5-c5ccccc54)c3)cc2)cc1. The maximum absolute atomic E-state index is 2.46. The molecule has 0 aliphatic heterocycles. The Bertz CT molecular complexity index is 5670. The maximum atomic E-state index is 2.46. The second-order valence-corrected chi connectivity index (χ2v) is 24.7. The second kappa shape index (κ2) is 22.1. The van der Waals surface area contributed by atoms with Crippen LogP contribution in [0.25, 0.3) is 144 Å². The Morgan fingerprint density at radius 1 is 0.172 bits per heavy atom. The zero-order valence-corrected chi connectivity index (χ0v) is 51.0. The van der Waals surface area contributed by atoms with Gasteiger partial charge in [-0.2, -0.15) is 0 Å². The molecule has 1 aliphatic carbocycles. The number of hydrogen-bond donors (Lipinski definition) is 0. The van der Waals surface area contributed by atoms with E-state index in [2.05, 4.69) is 373 Å². The first-order valence-electron chi connectivity index (χ1n) is 32.2. The van der Waals surface area contributed by atoms with Crippen LogP contribution in [-0.2, 0) is 5.41 Å². The molecule has 434 valence electrons. The van der Waals surface area contributed by atoms with Gasteiger partial charge < -0.3 is 9.13 Å². The third-order valence-corrected chi connectivity index (χ3v) is 19.7. The molecule has 0 atom stereocenters. The van der Waals surface area contributed by atoms with Crippen molar-refractivity contribution < 1.29 is 0 Å². The van der Waals surface area contributed by atoms with E-state index in [1.807, 2.05) is 0 Å². The first-order chi connectivity index (χ1) is 46.1. The quantitative estimate of drug-likeness (QED) is 0.122. The third-order valence-electron chi connectivity index (χ3n) is 19.7. The highest BCUT2D eigenvalue weighted by atomic mass is 15.0. The van der Waals surface area contributed by atoms with Crippen LogP contribution < -0.4 is 0 Å². The van der Waals surface area contributed by atoms with E-state index in [0.29, 0.717) is 0 Å². The number of hydrogen-bond acceptors (Lipinski definition) is 0. The van der Waals surface area contributed by atoms with Gasteiger partial charge in [0, 0.05) is 32.7 Å². The monoisotopic (exact) mass is 1180 g/mol. The van der Waals surface area contributed by atoms with Crippen molar-refractivity contribution in [3.63, 3.8) is 0 Å². The van der Waals surface area contributed by atoms with Crippen molar-refractivity contribution in [2.24, 2.45) is 0 Å². The van der Waals surface area contributed by atoms with Gasteiger partial charge in [-0.15, -0.1) is 0 Å². The minimum Gasteiger partial charge on any atom is -0.309 e. The molecular formula is C91H60N2. The lowest BCUT2D eigenvalue weighted by Crippen LogP contribution is -2.28. The van der Waals surface area contributed by atoms with Gasteiger partial charge in [0.25, 0.3) is 0 Å². The minimum absolute atomic E-state index is 0.548. The van der Waals surface area contributed by atoms with Crippen molar-refractivity contribution in [1.82, 2.24) is 9.13 Å². The average Bonchev–Trinajstić information content (AvgIpc) is 1.57. The predicted molar refractivity (Wildman–Crippen MR) is 390 cm³/mol. The molecule has 2 aromatic heterocycles. The van der Waals surface area contributed by atoms with Crippen LogP contribution in [0.1, 0.15) is 22.3 Å². The fourth-order valence-corrected chi connectivity index (χ4v) is 15.3. The fourth-order valence-electron chi connectivity index (χ4n) is 15.3. The van der Waals surface area contributed by atoms with E-state index in [-0.39, 0.29) is 0 Å². The molecule has 0 fully saturated rings. The first-order valence-corrected chi connectivity index (χ1v) is 32.2. The van der Waals surface area contributed by atoms with Crippen molar-refractivity contribution in [3.05, 3.63) is 386 Å². The second-order valence-electron chi connectivity index (χ2n) is 24.7. The smallest absolute Gasteiger partial charge is 0.0713 e. The molecule has 0 amide bonds. The highest BCUT2D eigenvalue weighted by Crippen LogP contribution is 2.57. The Kier molecular flexibility index (Phi) is 12.8. The molecule has 0 unspecified atom stereocenters. The molecule has 2 nitrogen and oxygen atoms in total. The summed E-state index contributed by atoms with van der Waals surface area (Å²) in [6, 6.07) is 135. The molecule has 2 heteroatoms. The standard InChI is InChI=1S/C91H60N2/c1-3-21-61(22-4-1)62-41-45-65(46-42-62)69-25-19-27-73(57-69)91(83-35-13-7-31-77(83)78-32-8-14-36-84(78)91)74-28-20-26-70(58-74)66-47-43-63(44-48-66)64-49-51-68(52-50-64)76-30-10-16-38-86(76)93-88-40-18-12-34-80(88)82-60-72(54-56-90(82)93)71-53-55-89-81(59-71)79-33-11-17-39-87(79)92(89)85-37-15-9-29-75(85)67-23-5-2-6-24-67/h1-60H. The van der Waals surface area contributed by atoms with Crippen molar-refractivity contribution >= 4 is 43.6 Å². The molecule has 2 heterocycles. The van der Waals surface area contributed by atoms with Crippen LogP contribution in [0.3, 0.4) is 0 Å². The Hall–Kier alpha value is -12.1. The molecule has 1 aliphatic rings. The number of nitrogens with zero attached hydrogens (tertiary/aromatic N) is 2. The van der Waals surface area contributed by atoms with Crippen molar-refractivity contribution in [2.45, 2.75) is 5.41 Å². The molecule has 0 saturated heterocycles. The predicted octanol–water partition coefficient (Wildman–Crippen LogP) is 23.9. The Labute approximate surface area is 541 Å². The highest BCUT2D eigenvalue weighted by Gasteiger charge is 2.46. The van der Waals surface area contributed by atoms with Gasteiger partial charge in [0.05, 0.1) is 38.9 Å². The number of para-hydroxylation sites is 4. The first kappa shape index (κ1) is 53.9. The Morgan fingerprint density at radius 2 is 0.462 bits per heavy atom. The molecule has 0 saturated carbocycles. The Morgan fingerprint density at radius 3 is 0.914 bits per heavy atom. The summed E-state index contributed by atoms with van der Waals surface area (Å²) in [5, 5.41) is 4.93.